The van der Waals surface area contributed by atoms with Crippen LogP contribution in [-0.2, 0) is 83.4 Å². The minimum Gasteiger partial charge on any atom is 4.00 e. The summed E-state index contributed by atoms with van der Waals surface area (Å²) in [5, 5.41) is 0. The zero-order valence-electron chi connectivity index (χ0n) is 9.82. The molecule has 0 bridgehead atoms. The van der Waals surface area contributed by atoms with Crippen molar-refractivity contribution in [1.82, 2.24) is 0 Å². The van der Waals surface area contributed by atoms with Gasteiger partial charge in [-0.1, -0.05) is 22.3 Å². The Labute approximate surface area is 249 Å². The smallest absolute Gasteiger partial charge is 4.00 e. The largest absolute Gasteiger partial charge is 4.00 e. The van der Waals surface area contributed by atoms with Gasteiger partial charge in [0, 0.05) is 0 Å². The molecule has 0 aromatic rings. The van der Waals surface area contributed by atoms with E-state index in [1.807, 2.05) is 0 Å². The van der Waals surface area contributed by atoms with Gasteiger partial charge >= 0.3 is 122 Å². The number of hydrogen-bond donors (Lipinski definition) is 0. The molecule has 0 fully saturated rings. The summed E-state index contributed by atoms with van der Waals surface area (Å²) in [5.41, 5.74) is 0. The minimum absolute atomic E-state index is 0. The van der Waals surface area contributed by atoms with Crippen molar-refractivity contribution in [3.63, 3.8) is 0 Å². The van der Waals surface area contributed by atoms with Crippen molar-refractivity contribution in [3.8, 4) is 0 Å². The fourth-order valence-corrected chi connectivity index (χ4v) is 0. The predicted octanol–water partition coefficient (Wildman–Crippen LogP) is -11.3. The molecule has 0 aliphatic heterocycles. The van der Waals surface area contributed by atoms with E-state index in [1.165, 1.54) is 0 Å². The van der Waals surface area contributed by atoms with Gasteiger partial charge < -0.3 is 77.0 Å². The third kappa shape index (κ3) is 1560. The summed E-state index contributed by atoms with van der Waals surface area (Å²) in [6, 6.07) is 0. The molecule has 26 heteroatoms. The van der Waals surface area contributed by atoms with E-state index in [-0.39, 0.29) is 144 Å². The molecule has 0 heterocycles. The second kappa shape index (κ2) is 39.6. The fraction of sp³-hybridized carbons (Fsp3) is 1.00. The Balaban J connectivity index is -0.00000000970. The first kappa shape index (κ1) is 84.3. The maximum absolute atomic E-state index is 8.55. The van der Waals surface area contributed by atoms with Crippen molar-refractivity contribution >= 4 is 87.9 Å². The Bertz CT molecular complexity index is 319. The molecule has 0 aromatic heterocycles. The normalized spacial score (nSPS) is 8.14. The molecule has 16 nitrogen and oxygen atoms in total. The fourth-order valence-electron chi connectivity index (χ4n) is 0. The first-order valence-electron chi connectivity index (χ1n) is 2.92. The standard InChI is InChI=1S/3CH4.3Li.4H3O4P.3Ti.3H/c;;;;;;4*1-5(2,3)4;;;;;;/h3*1H4;;;;4*(H3,1,2,3,4);;;;;;/q;;;;;;;;;;3*+4;;;/p-12. The van der Waals surface area contributed by atoms with E-state index in [0.29, 0.717) is 0 Å². The molecule has 0 rings (SSSR count). The molecule has 158 valence electrons. The monoisotopic (exact) mass is 596 g/mol. The van der Waals surface area contributed by atoms with Crippen LogP contribution in [0.5, 0.6) is 0 Å². The van der Waals surface area contributed by atoms with Gasteiger partial charge in [-0.05, 0) is 0 Å². The third-order valence-corrected chi connectivity index (χ3v) is 0. The first-order chi connectivity index (χ1) is 8.00. The Kier molecular flexibility index (Phi) is 115. The Morgan fingerprint density at radius 2 is 0.310 bits per heavy atom. The van der Waals surface area contributed by atoms with Crippen molar-refractivity contribution in [2.45, 2.75) is 22.3 Å². The van der Waals surface area contributed by atoms with Gasteiger partial charge in [-0.15, -0.1) is 0 Å². The van der Waals surface area contributed by atoms with Crippen LogP contribution in [0.15, 0.2) is 0 Å². The summed E-state index contributed by atoms with van der Waals surface area (Å²) in [5.74, 6) is 0. The van der Waals surface area contributed by atoms with Crippen molar-refractivity contribution in [3.05, 3.63) is 0 Å². The molecule has 0 aliphatic carbocycles. The summed E-state index contributed by atoms with van der Waals surface area (Å²) in [6.45, 7) is 0. The van der Waals surface area contributed by atoms with Crippen LogP contribution in [0.25, 0.3) is 0 Å². The van der Waals surface area contributed by atoms with Gasteiger partial charge in [0.05, 0.1) is 0 Å². The Hall–Kier alpha value is 4.38. The van der Waals surface area contributed by atoms with E-state index in [1.54, 1.807) is 0 Å². The molecule has 0 aromatic carbocycles. The maximum atomic E-state index is 8.55. The van der Waals surface area contributed by atoms with E-state index in [2.05, 4.69) is 0 Å². The third-order valence-electron chi connectivity index (χ3n) is 0. The number of rotatable bonds is 0. The summed E-state index contributed by atoms with van der Waals surface area (Å²) in [6.07, 6.45) is 0. The van der Waals surface area contributed by atoms with E-state index in [9.17, 15) is 0 Å². The van der Waals surface area contributed by atoms with Gasteiger partial charge in [-0.2, -0.15) is 31.3 Å². The molecule has 0 aliphatic rings. The Morgan fingerprint density at radius 3 is 0.310 bits per heavy atom. The predicted molar refractivity (Wildman–Crippen MR) is 72.1 cm³/mol. The molecule has 0 spiro atoms. The minimum atomic E-state index is -5.39. The van der Waals surface area contributed by atoms with Gasteiger partial charge in [0.15, 0.2) is 0 Å². The molecule has 0 N–H and O–H groups in total. The molecule has 0 saturated carbocycles. The summed E-state index contributed by atoms with van der Waals surface area (Å²) in [7, 11) is -21.6. The van der Waals surface area contributed by atoms with E-state index in [0.717, 1.165) is 0 Å². The van der Waals surface area contributed by atoms with Crippen LogP contribution in [-0.4, -0.2) is 56.6 Å². The molecule has 0 unspecified atom stereocenters. The van der Waals surface area contributed by atoms with E-state index < -0.39 is 31.3 Å². The molecule has 29 heavy (non-hydrogen) atoms. The van der Waals surface area contributed by atoms with Crippen LogP contribution >= 0.6 is 31.3 Å². The van der Waals surface area contributed by atoms with Crippen LogP contribution in [0.3, 0.4) is 0 Å². The molecule has 0 saturated heterocycles. The molecule has 0 amide bonds. The van der Waals surface area contributed by atoms with Gasteiger partial charge in [0.2, 0.25) is 0 Å². The zero-order valence-corrected chi connectivity index (χ0v) is 18.1. The van der Waals surface area contributed by atoms with Gasteiger partial charge in [0.25, 0.3) is 0 Å². The molecular weight excluding hydrogens is 580 g/mol. The molecule has 0 atom stereocenters. The SMILES string of the molecule is C.C.C.O=P([O-])([O-])[O-].O=P([O-])([O-])[O-].O=P([O-])([O-])[O-].O=P([O-])([O-])[O-].[LiH].[LiH].[LiH].[Ti+4].[Ti+4].[Ti+4]. The summed E-state index contributed by atoms with van der Waals surface area (Å²) < 4.78 is 34.2. The number of phosphoric acid groups is 4. The first-order valence-corrected chi connectivity index (χ1v) is 8.76. The van der Waals surface area contributed by atoms with Crippen molar-refractivity contribution in [2.24, 2.45) is 0 Å². The van der Waals surface area contributed by atoms with Crippen LogP contribution in [0.2, 0.25) is 0 Å². The van der Waals surface area contributed by atoms with Crippen LogP contribution in [0, 0.1) is 0 Å². The second-order valence-corrected chi connectivity index (χ2v) is 5.37. The van der Waals surface area contributed by atoms with Gasteiger partial charge in [-0.3, -0.25) is 0 Å². The van der Waals surface area contributed by atoms with Crippen LogP contribution in [0.4, 0.5) is 0 Å². The van der Waals surface area contributed by atoms with E-state index in [4.69, 9.17) is 77.0 Å². The molecule has 0 radical (unpaired) electrons. The maximum Gasteiger partial charge on any atom is 4.00 e. The van der Waals surface area contributed by atoms with Crippen molar-refractivity contribution < 1.29 is 142 Å². The van der Waals surface area contributed by atoms with E-state index >= 15 is 0 Å². The Morgan fingerprint density at radius 1 is 0.310 bits per heavy atom. The zero-order chi connectivity index (χ0) is 18.0. The van der Waals surface area contributed by atoms with Crippen molar-refractivity contribution in [2.75, 3.05) is 0 Å². The number of hydrogen-bond acceptors (Lipinski definition) is 16. The van der Waals surface area contributed by atoms with Gasteiger partial charge in [0.1, 0.15) is 0 Å². The topological polar surface area (TPSA) is 345 Å². The average molecular weight is 595 g/mol. The summed E-state index contributed by atoms with van der Waals surface area (Å²) in [4.78, 5) is 103. The van der Waals surface area contributed by atoms with Gasteiger partial charge in [-0.25, -0.2) is 0 Å². The van der Waals surface area contributed by atoms with Crippen molar-refractivity contribution in [1.29, 1.82) is 0 Å². The second-order valence-electron chi connectivity index (χ2n) is 1.79. The van der Waals surface area contributed by atoms with Crippen LogP contribution < -0.4 is 58.7 Å². The quantitative estimate of drug-likeness (QED) is 0.185. The van der Waals surface area contributed by atoms with Crippen LogP contribution in [0.1, 0.15) is 22.3 Å². The molecular formula is C3H15Li3O16P4Ti3. The summed E-state index contributed by atoms with van der Waals surface area (Å²) >= 11 is 0. The average Bonchev–Trinajstić information content (AvgIpc) is 1.62.